The molecule has 0 aliphatic heterocycles. The smallest absolute Gasteiger partial charge is 0.259 e. The number of ether oxygens (including phenoxy) is 2. The minimum Gasteiger partial charge on any atom is -0.504 e. The van der Waals surface area contributed by atoms with E-state index in [1.54, 1.807) is 12.1 Å². The van der Waals surface area contributed by atoms with Gasteiger partial charge >= 0.3 is 0 Å². The van der Waals surface area contributed by atoms with Crippen molar-refractivity contribution in [2.45, 2.75) is 0 Å². The standard InChI is InChI=1S/C15H16N2O5/c1-21-13-9(16)7-6-8(12(13)19)15(20)17-10-4-3-5-11(18)14(10)22-2/h3-7,18-19H,16H2,1-2H3,(H,17,20). The molecule has 7 nitrogen and oxygen atoms in total. The Kier molecular flexibility index (Phi) is 4.26. The molecule has 1 amide bonds. The average molecular weight is 304 g/mol. The molecule has 7 heteroatoms. The first-order valence-electron chi connectivity index (χ1n) is 6.32. The third-order valence-corrected chi connectivity index (χ3v) is 3.06. The highest BCUT2D eigenvalue weighted by molar-refractivity contribution is 6.08. The molecule has 116 valence electrons. The predicted octanol–water partition coefficient (Wildman–Crippen LogP) is 1.95. The van der Waals surface area contributed by atoms with Gasteiger partial charge in [-0.25, -0.2) is 0 Å². The number of benzene rings is 2. The van der Waals surface area contributed by atoms with Gasteiger partial charge < -0.3 is 30.7 Å². The molecule has 0 heterocycles. The lowest BCUT2D eigenvalue weighted by molar-refractivity contribution is 0.102. The van der Waals surface area contributed by atoms with E-state index in [9.17, 15) is 15.0 Å². The Morgan fingerprint density at radius 1 is 1.09 bits per heavy atom. The summed E-state index contributed by atoms with van der Waals surface area (Å²) in [7, 11) is 2.71. The summed E-state index contributed by atoms with van der Waals surface area (Å²) >= 11 is 0. The zero-order valence-corrected chi connectivity index (χ0v) is 12.1. The van der Waals surface area contributed by atoms with E-state index in [0.29, 0.717) is 0 Å². The summed E-state index contributed by atoms with van der Waals surface area (Å²) in [5, 5.41) is 22.3. The quantitative estimate of drug-likeness (QED) is 0.642. The van der Waals surface area contributed by atoms with E-state index in [-0.39, 0.29) is 39.9 Å². The first-order chi connectivity index (χ1) is 10.5. The number of carbonyl (C=O) groups excluding carboxylic acids is 1. The number of rotatable bonds is 4. The van der Waals surface area contributed by atoms with Gasteiger partial charge in [0, 0.05) is 0 Å². The summed E-state index contributed by atoms with van der Waals surface area (Å²) in [6, 6.07) is 7.36. The van der Waals surface area contributed by atoms with Crippen molar-refractivity contribution in [1.82, 2.24) is 0 Å². The van der Waals surface area contributed by atoms with E-state index >= 15 is 0 Å². The van der Waals surface area contributed by atoms with Crippen LogP contribution >= 0.6 is 0 Å². The van der Waals surface area contributed by atoms with Crippen molar-refractivity contribution in [3.63, 3.8) is 0 Å². The molecule has 0 radical (unpaired) electrons. The SMILES string of the molecule is COc1c(O)cccc1NC(=O)c1ccc(N)c(OC)c1O. The van der Waals surface area contributed by atoms with E-state index in [0.717, 1.165) is 0 Å². The molecule has 22 heavy (non-hydrogen) atoms. The predicted molar refractivity (Wildman–Crippen MR) is 81.7 cm³/mol. The van der Waals surface area contributed by atoms with Crippen molar-refractivity contribution in [3.05, 3.63) is 35.9 Å². The molecule has 0 fully saturated rings. The van der Waals surface area contributed by atoms with Crippen LogP contribution in [-0.2, 0) is 0 Å². The second-order valence-corrected chi connectivity index (χ2v) is 4.40. The Morgan fingerprint density at radius 2 is 1.77 bits per heavy atom. The molecule has 0 bridgehead atoms. The summed E-state index contributed by atoms with van der Waals surface area (Å²) in [5.74, 6) is -0.925. The molecule has 0 aliphatic rings. The summed E-state index contributed by atoms with van der Waals surface area (Å²) in [6.07, 6.45) is 0. The number of carbonyl (C=O) groups is 1. The zero-order chi connectivity index (χ0) is 16.3. The Hall–Kier alpha value is -3.09. The molecule has 0 saturated carbocycles. The number of amides is 1. The van der Waals surface area contributed by atoms with E-state index < -0.39 is 5.91 Å². The topological polar surface area (TPSA) is 114 Å². The highest BCUT2D eigenvalue weighted by Crippen LogP contribution is 2.37. The van der Waals surface area contributed by atoms with Crippen LogP contribution in [0.1, 0.15) is 10.4 Å². The van der Waals surface area contributed by atoms with Gasteiger partial charge in [-0.05, 0) is 24.3 Å². The number of nitrogens with two attached hydrogens (primary N) is 1. The average Bonchev–Trinajstić information content (AvgIpc) is 2.48. The number of nitrogen functional groups attached to an aromatic ring is 1. The fourth-order valence-corrected chi connectivity index (χ4v) is 2.01. The van der Waals surface area contributed by atoms with E-state index in [1.807, 2.05) is 0 Å². The van der Waals surface area contributed by atoms with Crippen LogP contribution in [0.4, 0.5) is 11.4 Å². The minimum atomic E-state index is -0.597. The van der Waals surface area contributed by atoms with Crippen molar-refractivity contribution >= 4 is 17.3 Å². The van der Waals surface area contributed by atoms with Crippen LogP contribution in [0.15, 0.2) is 30.3 Å². The summed E-state index contributed by atoms with van der Waals surface area (Å²) in [4.78, 5) is 12.3. The number of para-hydroxylation sites is 1. The third-order valence-electron chi connectivity index (χ3n) is 3.06. The number of hydrogen-bond donors (Lipinski definition) is 4. The molecule has 0 saturated heterocycles. The monoisotopic (exact) mass is 304 g/mol. The van der Waals surface area contributed by atoms with Crippen LogP contribution < -0.4 is 20.5 Å². The van der Waals surface area contributed by atoms with Gasteiger partial charge in [0.15, 0.2) is 23.0 Å². The van der Waals surface area contributed by atoms with Gasteiger partial charge in [-0.1, -0.05) is 6.07 Å². The number of nitrogens with one attached hydrogen (secondary N) is 1. The Bertz CT molecular complexity index is 715. The van der Waals surface area contributed by atoms with Crippen molar-refractivity contribution in [2.75, 3.05) is 25.3 Å². The van der Waals surface area contributed by atoms with Crippen LogP contribution in [0, 0.1) is 0 Å². The van der Waals surface area contributed by atoms with Crippen LogP contribution in [0.3, 0.4) is 0 Å². The van der Waals surface area contributed by atoms with Gasteiger partial charge in [-0.2, -0.15) is 0 Å². The summed E-state index contributed by atoms with van der Waals surface area (Å²) < 4.78 is 10.00. The van der Waals surface area contributed by atoms with Crippen LogP contribution in [0.2, 0.25) is 0 Å². The molecular formula is C15H16N2O5. The first kappa shape index (κ1) is 15.3. The molecule has 0 unspecified atom stereocenters. The lowest BCUT2D eigenvalue weighted by Gasteiger charge is -2.13. The first-order valence-corrected chi connectivity index (χ1v) is 6.32. The molecule has 2 aromatic carbocycles. The second kappa shape index (κ2) is 6.13. The molecule has 0 aromatic heterocycles. The summed E-state index contributed by atoms with van der Waals surface area (Å²) in [6.45, 7) is 0. The fraction of sp³-hybridized carbons (Fsp3) is 0.133. The van der Waals surface area contributed by atoms with Crippen LogP contribution in [0.5, 0.6) is 23.0 Å². The molecule has 5 N–H and O–H groups in total. The van der Waals surface area contributed by atoms with Gasteiger partial charge in [0.2, 0.25) is 0 Å². The number of aromatic hydroxyl groups is 2. The largest absolute Gasteiger partial charge is 0.504 e. The number of methoxy groups -OCH3 is 2. The Balaban J connectivity index is 2.37. The van der Waals surface area contributed by atoms with Crippen LogP contribution in [0.25, 0.3) is 0 Å². The Morgan fingerprint density at radius 3 is 2.41 bits per heavy atom. The van der Waals surface area contributed by atoms with E-state index in [1.165, 1.54) is 32.4 Å². The highest BCUT2D eigenvalue weighted by atomic mass is 16.5. The lowest BCUT2D eigenvalue weighted by atomic mass is 10.1. The zero-order valence-electron chi connectivity index (χ0n) is 12.1. The highest BCUT2D eigenvalue weighted by Gasteiger charge is 2.19. The molecular weight excluding hydrogens is 288 g/mol. The molecule has 0 atom stereocenters. The van der Waals surface area contributed by atoms with Gasteiger partial charge in [0.05, 0.1) is 31.2 Å². The minimum absolute atomic E-state index is 0.0172. The molecule has 0 spiro atoms. The maximum atomic E-state index is 12.3. The number of phenolic OH excluding ortho intramolecular Hbond substituents is 2. The Labute approximate surface area is 126 Å². The van der Waals surface area contributed by atoms with E-state index in [4.69, 9.17) is 15.2 Å². The van der Waals surface area contributed by atoms with E-state index in [2.05, 4.69) is 5.32 Å². The van der Waals surface area contributed by atoms with Crippen molar-refractivity contribution in [1.29, 1.82) is 0 Å². The maximum absolute atomic E-state index is 12.3. The molecule has 2 rings (SSSR count). The number of anilines is 2. The lowest BCUT2D eigenvalue weighted by Crippen LogP contribution is -2.13. The molecule has 2 aromatic rings. The van der Waals surface area contributed by atoms with Gasteiger partial charge in [0.1, 0.15) is 0 Å². The number of phenols is 2. The van der Waals surface area contributed by atoms with Crippen molar-refractivity contribution < 1.29 is 24.5 Å². The summed E-state index contributed by atoms with van der Waals surface area (Å²) in [5.41, 5.74) is 6.11. The fourth-order valence-electron chi connectivity index (χ4n) is 2.01. The van der Waals surface area contributed by atoms with Gasteiger partial charge in [0.25, 0.3) is 5.91 Å². The van der Waals surface area contributed by atoms with Crippen molar-refractivity contribution in [2.24, 2.45) is 0 Å². The van der Waals surface area contributed by atoms with Gasteiger partial charge in [-0.3, -0.25) is 4.79 Å². The normalized spacial score (nSPS) is 10.1. The third kappa shape index (κ3) is 2.69. The van der Waals surface area contributed by atoms with Crippen molar-refractivity contribution in [3.8, 4) is 23.0 Å². The molecule has 0 aliphatic carbocycles. The van der Waals surface area contributed by atoms with Crippen LogP contribution in [-0.4, -0.2) is 30.3 Å². The second-order valence-electron chi connectivity index (χ2n) is 4.40. The maximum Gasteiger partial charge on any atom is 0.259 e. The number of hydrogen-bond acceptors (Lipinski definition) is 6. The van der Waals surface area contributed by atoms with Gasteiger partial charge in [-0.15, -0.1) is 0 Å².